The third-order valence-electron chi connectivity index (χ3n) is 5.61. The summed E-state index contributed by atoms with van der Waals surface area (Å²) in [7, 11) is 0. The van der Waals surface area contributed by atoms with E-state index < -0.39 is 6.17 Å². The van der Waals surface area contributed by atoms with E-state index in [1.807, 2.05) is 12.1 Å². The Morgan fingerprint density at radius 1 is 0.871 bits per heavy atom. The first kappa shape index (κ1) is 18.9. The molecule has 2 aliphatic rings. The maximum absolute atomic E-state index is 13.3. The topological polar surface area (TPSA) is 90.0 Å². The van der Waals surface area contributed by atoms with E-state index in [1.165, 1.54) is 12.1 Å². The van der Waals surface area contributed by atoms with Crippen LogP contribution in [0.25, 0.3) is 0 Å². The lowest BCUT2D eigenvalue weighted by atomic mass is 10.0. The highest BCUT2D eigenvalue weighted by molar-refractivity contribution is 6.16. The number of nitrogens with one attached hydrogen (secondary N) is 1. The minimum atomic E-state index is -0.576. The van der Waals surface area contributed by atoms with Gasteiger partial charge in [-0.1, -0.05) is 30.3 Å². The van der Waals surface area contributed by atoms with E-state index in [-0.39, 0.29) is 36.4 Å². The summed E-state index contributed by atoms with van der Waals surface area (Å²) in [6.45, 7) is 0.153. The first-order valence-corrected chi connectivity index (χ1v) is 9.96. The van der Waals surface area contributed by atoms with E-state index >= 15 is 0 Å². The van der Waals surface area contributed by atoms with Crippen molar-refractivity contribution in [2.24, 2.45) is 0 Å². The average Bonchev–Trinajstić information content (AvgIpc) is 3.08. The molecule has 0 radical (unpaired) electrons. The van der Waals surface area contributed by atoms with Crippen molar-refractivity contribution in [2.75, 3.05) is 16.8 Å². The molecule has 0 spiro atoms. The number of phenolic OH excluding ortho intramolecular Hbond substituents is 1. The Labute approximate surface area is 178 Å². The zero-order chi connectivity index (χ0) is 21.5. The molecule has 2 heterocycles. The molecular formula is C24H19N3O4. The van der Waals surface area contributed by atoms with Crippen molar-refractivity contribution in [1.29, 1.82) is 0 Å². The van der Waals surface area contributed by atoms with Gasteiger partial charge in [0.2, 0.25) is 5.91 Å². The van der Waals surface area contributed by atoms with Crippen molar-refractivity contribution in [3.8, 4) is 5.75 Å². The summed E-state index contributed by atoms with van der Waals surface area (Å²) >= 11 is 0. The lowest BCUT2D eigenvalue weighted by Crippen LogP contribution is -2.48. The fourth-order valence-electron chi connectivity index (χ4n) is 4.19. The SMILES string of the molecule is O=C(CCN1C(=O)c2ccccc2N2C(=O)c3ccccc3[C@@H]12)Nc1ccc(O)cc1. The van der Waals surface area contributed by atoms with Crippen LogP contribution in [-0.2, 0) is 4.79 Å². The van der Waals surface area contributed by atoms with E-state index in [2.05, 4.69) is 5.32 Å². The molecule has 0 aromatic heterocycles. The van der Waals surface area contributed by atoms with Crippen LogP contribution < -0.4 is 10.2 Å². The number of fused-ring (bicyclic) bond motifs is 5. The monoisotopic (exact) mass is 413 g/mol. The number of amides is 3. The van der Waals surface area contributed by atoms with Crippen molar-refractivity contribution in [3.63, 3.8) is 0 Å². The normalized spacial score (nSPS) is 16.6. The number of nitrogens with zero attached hydrogens (tertiary/aromatic N) is 2. The van der Waals surface area contributed by atoms with Crippen LogP contribution in [0.4, 0.5) is 11.4 Å². The Balaban J connectivity index is 1.44. The molecule has 2 aliphatic heterocycles. The van der Waals surface area contributed by atoms with Crippen molar-refractivity contribution in [1.82, 2.24) is 4.90 Å². The minimum absolute atomic E-state index is 0.0650. The maximum atomic E-state index is 13.3. The Bertz CT molecular complexity index is 1210. The average molecular weight is 413 g/mol. The third-order valence-corrected chi connectivity index (χ3v) is 5.61. The highest BCUT2D eigenvalue weighted by Crippen LogP contribution is 2.45. The number of rotatable bonds is 4. The molecule has 7 heteroatoms. The minimum Gasteiger partial charge on any atom is -0.508 e. The van der Waals surface area contributed by atoms with Crippen LogP contribution in [0.5, 0.6) is 5.75 Å². The summed E-state index contributed by atoms with van der Waals surface area (Å²) in [5.41, 5.74) is 2.91. The number of phenols is 1. The van der Waals surface area contributed by atoms with Crippen LogP contribution in [-0.4, -0.2) is 34.3 Å². The molecule has 1 atom stereocenters. The smallest absolute Gasteiger partial charge is 0.260 e. The molecule has 3 amide bonds. The predicted octanol–water partition coefficient (Wildman–Crippen LogP) is 3.54. The van der Waals surface area contributed by atoms with Crippen molar-refractivity contribution in [3.05, 3.63) is 89.5 Å². The third kappa shape index (κ3) is 3.11. The van der Waals surface area contributed by atoms with Gasteiger partial charge in [-0.15, -0.1) is 0 Å². The van der Waals surface area contributed by atoms with Crippen LogP contribution in [0, 0.1) is 0 Å². The molecule has 0 aliphatic carbocycles. The predicted molar refractivity (Wildman–Crippen MR) is 115 cm³/mol. The van der Waals surface area contributed by atoms with Gasteiger partial charge in [-0.25, -0.2) is 0 Å². The lowest BCUT2D eigenvalue weighted by Gasteiger charge is -2.40. The van der Waals surface area contributed by atoms with Crippen LogP contribution in [0.3, 0.4) is 0 Å². The van der Waals surface area contributed by atoms with Gasteiger partial charge in [-0.3, -0.25) is 19.3 Å². The maximum Gasteiger partial charge on any atom is 0.260 e. The Hall–Kier alpha value is -4.13. The van der Waals surface area contributed by atoms with Crippen molar-refractivity contribution in [2.45, 2.75) is 12.6 Å². The molecule has 31 heavy (non-hydrogen) atoms. The molecular weight excluding hydrogens is 394 g/mol. The highest BCUT2D eigenvalue weighted by Gasteiger charge is 2.47. The van der Waals surface area contributed by atoms with Crippen LogP contribution in [0.2, 0.25) is 0 Å². The van der Waals surface area contributed by atoms with E-state index in [4.69, 9.17) is 0 Å². The largest absolute Gasteiger partial charge is 0.508 e. The number of aromatic hydroxyl groups is 1. The summed E-state index contributed by atoms with van der Waals surface area (Å²) in [6, 6.07) is 20.5. The molecule has 0 bridgehead atoms. The summed E-state index contributed by atoms with van der Waals surface area (Å²) in [6.07, 6.45) is -0.511. The zero-order valence-corrected chi connectivity index (χ0v) is 16.5. The molecule has 5 rings (SSSR count). The van der Waals surface area contributed by atoms with Gasteiger partial charge in [-0.05, 0) is 42.5 Å². The van der Waals surface area contributed by atoms with Gasteiger partial charge in [0.15, 0.2) is 0 Å². The van der Waals surface area contributed by atoms with Gasteiger partial charge in [0, 0.05) is 29.8 Å². The van der Waals surface area contributed by atoms with Gasteiger partial charge in [-0.2, -0.15) is 0 Å². The van der Waals surface area contributed by atoms with Gasteiger partial charge >= 0.3 is 0 Å². The van der Waals surface area contributed by atoms with E-state index in [1.54, 1.807) is 58.3 Å². The second-order valence-corrected chi connectivity index (χ2v) is 7.50. The Morgan fingerprint density at radius 2 is 1.55 bits per heavy atom. The number of para-hydroxylation sites is 1. The molecule has 0 fully saturated rings. The second-order valence-electron chi connectivity index (χ2n) is 7.50. The van der Waals surface area contributed by atoms with Gasteiger partial charge < -0.3 is 15.3 Å². The molecule has 0 unspecified atom stereocenters. The first-order valence-electron chi connectivity index (χ1n) is 9.96. The second kappa shape index (κ2) is 7.28. The summed E-state index contributed by atoms with van der Waals surface area (Å²) < 4.78 is 0. The number of benzene rings is 3. The van der Waals surface area contributed by atoms with E-state index in [0.29, 0.717) is 22.5 Å². The van der Waals surface area contributed by atoms with E-state index in [9.17, 15) is 19.5 Å². The number of carbonyl (C=O) groups is 3. The van der Waals surface area contributed by atoms with Crippen LogP contribution in [0.1, 0.15) is 38.9 Å². The van der Waals surface area contributed by atoms with Gasteiger partial charge in [0.05, 0.1) is 11.3 Å². The molecule has 3 aromatic rings. The molecule has 2 N–H and O–H groups in total. The molecule has 0 saturated carbocycles. The van der Waals surface area contributed by atoms with Crippen molar-refractivity contribution < 1.29 is 19.5 Å². The molecule has 7 nitrogen and oxygen atoms in total. The lowest BCUT2D eigenvalue weighted by molar-refractivity contribution is -0.116. The number of anilines is 2. The van der Waals surface area contributed by atoms with Crippen molar-refractivity contribution >= 4 is 29.1 Å². The first-order chi connectivity index (χ1) is 15.0. The summed E-state index contributed by atoms with van der Waals surface area (Å²) in [5.74, 6) is -0.514. The molecule has 0 saturated heterocycles. The highest BCUT2D eigenvalue weighted by atomic mass is 16.3. The standard InChI is InChI=1S/C24H19N3O4/c28-16-11-9-15(10-12-16)25-21(29)13-14-26-22-17-5-1-2-6-18(17)24(31)27(22)20-8-4-3-7-19(20)23(26)30/h1-12,22,28H,13-14H2,(H,25,29)/t22-/m0/s1. The molecule has 3 aromatic carbocycles. The summed E-state index contributed by atoms with van der Waals surface area (Å²) in [5, 5.41) is 12.1. The van der Waals surface area contributed by atoms with Gasteiger partial charge in [0.25, 0.3) is 11.8 Å². The number of hydrogen-bond donors (Lipinski definition) is 2. The van der Waals surface area contributed by atoms with Gasteiger partial charge in [0.1, 0.15) is 11.9 Å². The number of carbonyl (C=O) groups excluding carboxylic acids is 3. The summed E-state index contributed by atoms with van der Waals surface area (Å²) in [4.78, 5) is 42.2. The van der Waals surface area contributed by atoms with Crippen LogP contribution in [0.15, 0.2) is 72.8 Å². The van der Waals surface area contributed by atoms with E-state index in [0.717, 1.165) is 5.56 Å². The number of hydrogen-bond acceptors (Lipinski definition) is 4. The Morgan fingerprint density at radius 3 is 2.32 bits per heavy atom. The quantitative estimate of drug-likeness (QED) is 0.641. The fraction of sp³-hybridized carbons (Fsp3) is 0.125. The Kier molecular flexibility index (Phi) is 4.43. The zero-order valence-electron chi connectivity index (χ0n) is 16.5. The van der Waals surface area contributed by atoms with Crippen LogP contribution >= 0.6 is 0 Å². The fourth-order valence-corrected chi connectivity index (χ4v) is 4.19. The molecule has 154 valence electrons.